The lowest BCUT2D eigenvalue weighted by atomic mass is 10.0. The third-order valence-electron chi connectivity index (χ3n) is 4.67. The molecule has 0 atom stereocenters. The first-order valence-electron chi connectivity index (χ1n) is 9.52. The molecule has 0 bridgehead atoms. The average Bonchev–Trinajstić information content (AvgIpc) is 2.78. The van der Waals surface area contributed by atoms with Gasteiger partial charge in [-0.1, -0.05) is 42.5 Å². The standard InChI is InChI=1S/C23H16F6N2O2S/c24-22(25,26)19-7-2-1-6-18(19)20(13-21(30)23(27,28)29)31-16-10-8-14(9-11-16)15-4-3-5-17(12-15)34(32)33/h1-13,30-31,34H/b20-13-,30-21?. The fraction of sp³-hybridized carbons (Fsp3) is 0.0870. The van der Waals surface area contributed by atoms with Crippen molar-refractivity contribution in [3.8, 4) is 11.1 Å². The summed E-state index contributed by atoms with van der Waals surface area (Å²) in [6.45, 7) is 0. The van der Waals surface area contributed by atoms with Crippen molar-refractivity contribution in [1.29, 1.82) is 5.41 Å². The molecule has 3 aromatic carbocycles. The fourth-order valence-corrected chi connectivity index (χ4v) is 3.53. The Morgan fingerprint density at radius 2 is 1.47 bits per heavy atom. The van der Waals surface area contributed by atoms with Gasteiger partial charge in [0, 0.05) is 16.9 Å². The Morgan fingerprint density at radius 1 is 0.824 bits per heavy atom. The number of nitrogens with one attached hydrogen (secondary N) is 2. The van der Waals surface area contributed by atoms with Gasteiger partial charge in [0.1, 0.15) is 5.71 Å². The minimum absolute atomic E-state index is 0.0920. The minimum atomic E-state index is -5.06. The van der Waals surface area contributed by atoms with Gasteiger partial charge in [-0.3, -0.25) is 5.41 Å². The zero-order chi connectivity index (χ0) is 25.1. The number of halogens is 6. The molecule has 0 aliphatic carbocycles. The van der Waals surface area contributed by atoms with Gasteiger partial charge >= 0.3 is 12.4 Å². The topological polar surface area (TPSA) is 70.0 Å². The molecule has 0 saturated heterocycles. The van der Waals surface area contributed by atoms with Crippen LogP contribution in [0.3, 0.4) is 0 Å². The van der Waals surface area contributed by atoms with Crippen molar-refractivity contribution in [3.05, 3.63) is 90.0 Å². The van der Waals surface area contributed by atoms with Gasteiger partial charge in [-0.25, -0.2) is 8.42 Å². The summed E-state index contributed by atoms with van der Waals surface area (Å²) in [5.74, 6) is 0. The van der Waals surface area contributed by atoms with Crippen molar-refractivity contribution in [3.63, 3.8) is 0 Å². The van der Waals surface area contributed by atoms with Crippen LogP contribution in [0, 0.1) is 5.41 Å². The highest BCUT2D eigenvalue weighted by Crippen LogP contribution is 2.36. The van der Waals surface area contributed by atoms with Crippen LogP contribution in [0.25, 0.3) is 16.8 Å². The number of anilines is 1. The van der Waals surface area contributed by atoms with Crippen LogP contribution in [-0.2, 0) is 16.9 Å². The molecule has 0 aliphatic rings. The van der Waals surface area contributed by atoms with Crippen molar-refractivity contribution in [2.75, 3.05) is 5.32 Å². The molecule has 0 spiro atoms. The van der Waals surface area contributed by atoms with Crippen molar-refractivity contribution in [2.45, 2.75) is 17.2 Å². The summed E-state index contributed by atoms with van der Waals surface area (Å²) in [7, 11) is -2.80. The maximum Gasteiger partial charge on any atom is 0.432 e. The Balaban J connectivity index is 2.01. The first kappa shape index (κ1) is 25.0. The van der Waals surface area contributed by atoms with E-state index in [2.05, 4.69) is 5.32 Å². The van der Waals surface area contributed by atoms with E-state index in [1.807, 2.05) is 0 Å². The zero-order valence-corrected chi connectivity index (χ0v) is 17.9. The molecule has 0 radical (unpaired) electrons. The summed E-state index contributed by atoms with van der Waals surface area (Å²) in [5, 5.41) is 9.78. The van der Waals surface area contributed by atoms with E-state index in [-0.39, 0.29) is 10.6 Å². The Hall–Kier alpha value is -3.60. The number of thiol groups is 1. The van der Waals surface area contributed by atoms with Crippen LogP contribution in [0.1, 0.15) is 11.1 Å². The molecule has 3 rings (SSSR count). The zero-order valence-electron chi connectivity index (χ0n) is 17.0. The molecule has 34 heavy (non-hydrogen) atoms. The van der Waals surface area contributed by atoms with E-state index in [4.69, 9.17) is 5.41 Å². The quantitative estimate of drug-likeness (QED) is 0.210. The van der Waals surface area contributed by atoms with Crippen LogP contribution in [0.15, 0.2) is 83.8 Å². The predicted molar refractivity (Wildman–Crippen MR) is 117 cm³/mol. The molecule has 0 aromatic heterocycles. The van der Waals surface area contributed by atoms with E-state index in [1.165, 1.54) is 42.5 Å². The summed E-state index contributed by atoms with van der Waals surface area (Å²) in [4.78, 5) is 0.0920. The summed E-state index contributed by atoms with van der Waals surface area (Å²) >= 11 is 0. The van der Waals surface area contributed by atoms with E-state index < -0.39 is 45.6 Å². The van der Waals surface area contributed by atoms with Crippen LogP contribution in [0.2, 0.25) is 0 Å². The van der Waals surface area contributed by atoms with Crippen molar-refractivity contribution in [2.24, 2.45) is 0 Å². The number of rotatable bonds is 6. The summed E-state index contributed by atoms with van der Waals surface area (Å²) in [6, 6.07) is 16.0. The highest BCUT2D eigenvalue weighted by Gasteiger charge is 2.36. The first-order chi connectivity index (χ1) is 15.9. The highest BCUT2D eigenvalue weighted by atomic mass is 32.2. The molecule has 4 nitrogen and oxygen atoms in total. The van der Waals surface area contributed by atoms with Crippen LogP contribution in [-0.4, -0.2) is 20.3 Å². The number of hydrogen-bond acceptors (Lipinski definition) is 4. The van der Waals surface area contributed by atoms with Gasteiger partial charge in [0.15, 0.2) is 10.7 Å². The Labute approximate surface area is 192 Å². The molecule has 0 heterocycles. The number of hydrogen-bond donors (Lipinski definition) is 3. The second-order valence-electron chi connectivity index (χ2n) is 7.02. The molecule has 0 saturated carbocycles. The van der Waals surface area contributed by atoms with Gasteiger partial charge in [0.2, 0.25) is 0 Å². The van der Waals surface area contributed by atoms with Crippen molar-refractivity contribution in [1.82, 2.24) is 0 Å². The van der Waals surface area contributed by atoms with Crippen LogP contribution < -0.4 is 5.32 Å². The van der Waals surface area contributed by atoms with Gasteiger partial charge in [0.05, 0.1) is 10.5 Å². The van der Waals surface area contributed by atoms with Gasteiger partial charge in [-0.15, -0.1) is 0 Å². The fourth-order valence-electron chi connectivity index (χ4n) is 3.07. The first-order valence-corrected chi connectivity index (χ1v) is 10.7. The number of alkyl halides is 6. The molecule has 11 heteroatoms. The van der Waals surface area contributed by atoms with E-state index in [9.17, 15) is 34.8 Å². The van der Waals surface area contributed by atoms with E-state index in [0.29, 0.717) is 17.2 Å². The van der Waals surface area contributed by atoms with Crippen LogP contribution >= 0.6 is 0 Å². The van der Waals surface area contributed by atoms with E-state index in [0.717, 1.165) is 18.2 Å². The SMILES string of the molecule is N=C(/C=C(\Nc1ccc(-c2cccc([SH](=O)=O)c2)cc1)c1ccccc1C(F)(F)F)C(F)(F)F. The average molecular weight is 498 g/mol. The molecule has 2 N–H and O–H groups in total. The van der Waals surface area contributed by atoms with Gasteiger partial charge < -0.3 is 5.32 Å². The van der Waals surface area contributed by atoms with Gasteiger partial charge in [-0.05, 0) is 47.5 Å². The van der Waals surface area contributed by atoms with Crippen molar-refractivity contribution < 1.29 is 34.8 Å². The van der Waals surface area contributed by atoms with E-state index >= 15 is 0 Å². The van der Waals surface area contributed by atoms with E-state index in [1.54, 1.807) is 12.1 Å². The monoisotopic (exact) mass is 498 g/mol. The van der Waals surface area contributed by atoms with Crippen molar-refractivity contribution >= 4 is 27.8 Å². The highest BCUT2D eigenvalue weighted by molar-refractivity contribution is 7.72. The third-order valence-corrected chi connectivity index (χ3v) is 5.37. The second-order valence-corrected chi connectivity index (χ2v) is 8.05. The summed E-state index contributed by atoms with van der Waals surface area (Å²) in [6.07, 6.45) is -9.60. The molecule has 0 unspecified atom stereocenters. The molecule has 0 aliphatic heterocycles. The van der Waals surface area contributed by atoms with Gasteiger partial charge in [-0.2, -0.15) is 26.3 Å². The molecular weight excluding hydrogens is 482 g/mol. The second kappa shape index (κ2) is 9.72. The Bertz CT molecular complexity index is 1300. The lowest BCUT2D eigenvalue weighted by Crippen LogP contribution is -2.21. The maximum atomic E-state index is 13.5. The van der Waals surface area contributed by atoms with Gasteiger partial charge in [0.25, 0.3) is 0 Å². The maximum absolute atomic E-state index is 13.5. The predicted octanol–water partition coefficient (Wildman–Crippen LogP) is 6.38. The third kappa shape index (κ3) is 6.04. The molecule has 3 aromatic rings. The Morgan fingerprint density at radius 3 is 2.06 bits per heavy atom. The lowest BCUT2D eigenvalue weighted by Gasteiger charge is -2.18. The summed E-state index contributed by atoms with van der Waals surface area (Å²) < 4.78 is 102. The smallest absolute Gasteiger partial charge is 0.355 e. The number of allylic oxidation sites excluding steroid dienone is 1. The largest absolute Gasteiger partial charge is 0.432 e. The lowest BCUT2D eigenvalue weighted by molar-refractivity contribution is -0.137. The Kier molecular flexibility index (Phi) is 7.15. The molecule has 0 amide bonds. The molecule has 0 fully saturated rings. The molecule has 178 valence electrons. The van der Waals surface area contributed by atoms with Crippen LogP contribution in [0.4, 0.5) is 32.0 Å². The molecular formula is C23H16F6N2O2S. The normalized spacial score (nSPS) is 12.6. The summed E-state index contributed by atoms with van der Waals surface area (Å²) in [5.41, 5.74) is -2.81. The number of benzene rings is 3. The van der Waals surface area contributed by atoms with Crippen LogP contribution in [0.5, 0.6) is 0 Å². The minimum Gasteiger partial charge on any atom is -0.355 e.